The number of hydrogen-bond donors (Lipinski definition) is 3. The summed E-state index contributed by atoms with van der Waals surface area (Å²) in [6.07, 6.45) is 0. The number of carboxylic acids is 1. The van der Waals surface area contributed by atoms with E-state index in [2.05, 4.69) is 10.6 Å². The standard InChI is InChI=1S/C15H13ClN2O3/c16-13-7-2-1-4-11(13)9-17-15(21)18-12-6-3-5-10(8-12)14(19)20/h1-8H,9H2,(H,19,20)(H2,17,18,21). The van der Waals surface area contributed by atoms with Crippen LogP contribution in [0.1, 0.15) is 15.9 Å². The molecule has 0 aromatic heterocycles. The van der Waals surface area contributed by atoms with Crippen LogP contribution in [0.2, 0.25) is 5.02 Å². The molecule has 5 nitrogen and oxygen atoms in total. The fourth-order valence-corrected chi connectivity index (χ4v) is 1.93. The molecule has 0 fully saturated rings. The fraction of sp³-hybridized carbons (Fsp3) is 0.0667. The van der Waals surface area contributed by atoms with Crippen molar-refractivity contribution in [1.82, 2.24) is 5.32 Å². The minimum Gasteiger partial charge on any atom is -0.478 e. The summed E-state index contributed by atoms with van der Waals surface area (Å²) in [4.78, 5) is 22.6. The third-order valence-electron chi connectivity index (χ3n) is 2.76. The molecule has 0 saturated carbocycles. The molecule has 0 bridgehead atoms. The Morgan fingerprint density at radius 1 is 1.10 bits per heavy atom. The first-order valence-corrected chi connectivity index (χ1v) is 6.55. The summed E-state index contributed by atoms with van der Waals surface area (Å²) in [5.41, 5.74) is 1.32. The van der Waals surface area contributed by atoms with Crippen LogP contribution in [0.3, 0.4) is 0 Å². The number of carboxylic acid groups (broad SMARTS) is 1. The lowest BCUT2D eigenvalue weighted by Gasteiger charge is -2.09. The molecule has 6 heteroatoms. The molecule has 0 radical (unpaired) electrons. The number of carbonyl (C=O) groups is 2. The molecule has 21 heavy (non-hydrogen) atoms. The van der Waals surface area contributed by atoms with Crippen LogP contribution in [-0.4, -0.2) is 17.1 Å². The average Bonchev–Trinajstić information content (AvgIpc) is 2.46. The summed E-state index contributed by atoms with van der Waals surface area (Å²) < 4.78 is 0. The van der Waals surface area contributed by atoms with Crippen LogP contribution in [0.25, 0.3) is 0 Å². The number of benzene rings is 2. The van der Waals surface area contributed by atoms with Crippen molar-refractivity contribution in [3.05, 3.63) is 64.7 Å². The van der Waals surface area contributed by atoms with Crippen LogP contribution in [0.4, 0.5) is 10.5 Å². The molecule has 0 aliphatic rings. The number of rotatable bonds is 4. The number of anilines is 1. The van der Waals surface area contributed by atoms with Gasteiger partial charge in [0.1, 0.15) is 0 Å². The second-order valence-corrected chi connectivity index (χ2v) is 4.69. The normalized spacial score (nSPS) is 9.95. The molecule has 0 aliphatic carbocycles. The molecule has 108 valence electrons. The molecule has 2 aromatic rings. The summed E-state index contributed by atoms with van der Waals surface area (Å²) in [5.74, 6) is -1.05. The van der Waals surface area contributed by atoms with Gasteiger partial charge in [-0.25, -0.2) is 9.59 Å². The lowest BCUT2D eigenvalue weighted by atomic mass is 10.2. The number of halogens is 1. The third kappa shape index (κ3) is 4.22. The van der Waals surface area contributed by atoms with Gasteiger partial charge < -0.3 is 15.7 Å². The van der Waals surface area contributed by atoms with E-state index in [1.807, 2.05) is 18.2 Å². The van der Waals surface area contributed by atoms with Gasteiger partial charge in [0.15, 0.2) is 0 Å². The molecule has 0 atom stereocenters. The minimum absolute atomic E-state index is 0.110. The SMILES string of the molecule is O=C(NCc1ccccc1Cl)Nc1cccc(C(=O)O)c1. The van der Waals surface area contributed by atoms with Crippen molar-refractivity contribution >= 4 is 29.3 Å². The van der Waals surface area contributed by atoms with Crippen molar-refractivity contribution in [2.24, 2.45) is 0 Å². The highest BCUT2D eigenvalue weighted by Gasteiger charge is 2.06. The number of hydrogen-bond acceptors (Lipinski definition) is 2. The van der Waals surface area contributed by atoms with Gasteiger partial charge in [0.05, 0.1) is 5.56 Å². The number of amides is 2. The highest BCUT2D eigenvalue weighted by Crippen LogP contribution is 2.14. The van der Waals surface area contributed by atoms with E-state index in [0.29, 0.717) is 10.7 Å². The van der Waals surface area contributed by atoms with Crippen molar-refractivity contribution in [3.8, 4) is 0 Å². The zero-order valence-electron chi connectivity index (χ0n) is 11.0. The van der Waals surface area contributed by atoms with Gasteiger partial charge in [-0.15, -0.1) is 0 Å². The number of carbonyl (C=O) groups excluding carboxylic acids is 1. The molecular formula is C15H13ClN2O3. The van der Waals surface area contributed by atoms with Gasteiger partial charge in [0.25, 0.3) is 0 Å². The summed E-state index contributed by atoms with van der Waals surface area (Å²) in [5, 5.41) is 14.7. The van der Waals surface area contributed by atoms with Crippen molar-refractivity contribution in [2.45, 2.75) is 6.54 Å². The number of aromatic carboxylic acids is 1. The van der Waals surface area contributed by atoms with E-state index in [0.717, 1.165) is 5.56 Å². The predicted molar refractivity (Wildman–Crippen MR) is 80.7 cm³/mol. The first-order chi connectivity index (χ1) is 10.1. The Morgan fingerprint density at radius 3 is 2.57 bits per heavy atom. The molecule has 0 aliphatic heterocycles. The molecule has 3 N–H and O–H groups in total. The second kappa shape index (κ2) is 6.76. The van der Waals surface area contributed by atoms with E-state index in [1.54, 1.807) is 18.2 Å². The van der Waals surface area contributed by atoms with Crippen LogP contribution < -0.4 is 10.6 Å². The smallest absolute Gasteiger partial charge is 0.335 e. The second-order valence-electron chi connectivity index (χ2n) is 4.29. The van der Waals surface area contributed by atoms with E-state index in [9.17, 15) is 9.59 Å². The molecular weight excluding hydrogens is 292 g/mol. The van der Waals surface area contributed by atoms with Gasteiger partial charge in [-0.2, -0.15) is 0 Å². The topological polar surface area (TPSA) is 78.4 Å². The Morgan fingerprint density at radius 2 is 1.86 bits per heavy atom. The van der Waals surface area contributed by atoms with Crippen LogP contribution in [0.15, 0.2) is 48.5 Å². The summed E-state index contributed by atoms with van der Waals surface area (Å²) in [7, 11) is 0. The zero-order valence-corrected chi connectivity index (χ0v) is 11.7. The van der Waals surface area contributed by atoms with E-state index >= 15 is 0 Å². The Kier molecular flexibility index (Phi) is 4.79. The van der Waals surface area contributed by atoms with Gasteiger partial charge in [0, 0.05) is 17.3 Å². The van der Waals surface area contributed by atoms with Crippen LogP contribution in [0.5, 0.6) is 0 Å². The summed E-state index contributed by atoms with van der Waals surface area (Å²) in [6.45, 7) is 0.282. The maximum Gasteiger partial charge on any atom is 0.335 e. The summed E-state index contributed by atoms with van der Waals surface area (Å²) in [6, 6.07) is 12.8. The monoisotopic (exact) mass is 304 g/mol. The van der Waals surface area contributed by atoms with Crippen LogP contribution in [-0.2, 0) is 6.54 Å². The molecule has 2 rings (SSSR count). The zero-order chi connectivity index (χ0) is 15.2. The Bertz CT molecular complexity index is 673. The lowest BCUT2D eigenvalue weighted by Crippen LogP contribution is -2.28. The first-order valence-electron chi connectivity index (χ1n) is 6.18. The van der Waals surface area contributed by atoms with Gasteiger partial charge in [-0.1, -0.05) is 35.9 Å². The van der Waals surface area contributed by atoms with Crippen molar-refractivity contribution in [3.63, 3.8) is 0 Å². The van der Waals surface area contributed by atoms with E-state index < -0.39 is 12.0 Å². The summed E-state index contributed by atoms with van der Waals surface area (Å²) >= 11 is 5.99. The van der Waals surface area contributed by atoms with Crippen molar-refractivity contribution in [2.75, 3.05) is 5.32 Å². The average molecular weight is 305 g/mol. The highest BCUT2D eigenvalue weighted by atomic mass is 35.5. The lowest BCUT2D eigenvalue weighted by molar-refractivity contribution is 0.0697. The molecule has 0 heterocycles. The largest absolute Gasteiger partial charge is 0.478 e. The quantitative estimate of drug-likeness (QED) is 0.810. The fourth-order valence-electron chi connectivity index (χ4n) is 1.72. The molecule has 0 unspecified atom stereocenters. The first kappa shape index (κ1) is 14.9. The Labute approximate surface area is 126 Å². The van der Waals surface area contributed by atoms with E-state index in [4.69, 9.17) is 16.7 Å². The molecule has 2 aromatic carbocycles. The van der Waals surface area contributed by atoms with Gasteiger partial charge in [-0.3, -0.25) is 0 Å². The minimum atomic E-state index is -1.05. The van der Waals surface area contributed by atoms with Gasteiger partial charge in [-0.05, 0) is 29.8 Å². The molecule has 0 spiro atoms. The van der Waals surface area contributed by atoms with E-state index in [1.165, 1.54) is 12.1 Å². The maximum atomic E-state index is 11.8. The highest BCUT2D eigenvalue weighted by molar-refractivity contribution is 6.31. The van der Waals surface area contributed by atoms with Gasteiger partial charge in [0.2, 0.25) is 0 Å². The van der Waals surface area contributed by atoms with Crippen LogP contribution >= 0.6 is 11.6 Å². The van der Waals surface area contributed by atoms with Crippen LogP contribution in [0, 0.1) is 0 Å². The number of nitrogens with one attached hydrogen (secondary N) is 2. The number of urea groups is 1. The molecule has 2 amide bonds. The predicted octanol–water partition coefficient (Wildman–Crippen LogP) is 3.36. The third-order valence-corrected chi connectivity index (χ3v) is 3.13. The van der Waals surface area contributed by atoms with E-state index in [-0.39, 0.29) is 12.1 Å². The Hall–Kier alpha value is -2.53. The van der Waals surface area contributed by atoms with Crippen molar-refractivity contribution in [1.29, 1.82) is 0 Å². The van der Waals surface area contributed by atoms with Crippen molar-refractivity contribution < 1.29 is 14.7 Å². The van der Waals surface area contributed by atoms with Gasteiger partial charge >= 0.3 is 12.0 Å². The Balaban J connectivity index is 1.95. The maximum absolute atomic E-state index is 11.8. The molecule has 0 saturated heterocycles.